The van der Waals surface area contributed by atoms with Gasteiger partial charge in [0.15, 0.2) is 0 Å². The first kappa shape index (κ1) is 30.0. The summed E-state index contributed by atoms with van der Waals surface area (Å²) in [6.07, 6.45) is 0.314. The van der Waals surface area contributed by atoms with Crippen LogP contribution in [0.4, 0.5) is 5.69 Å². The van der Waals surface area contributed by atoms with Gasteiger partial charge in [-0.2, -0.15) is 0 Å². The summed E-state index contributed by atoms with van der Waals surface area (Å²) in [4.78, 5) is 28.7. The molecule has 8 nitrogen and oxygen atoms in total. The third-order valence-corrected chi connectivity index (χ3v) is 8.22. The molecule has 0 aromatic heterocycles. The van der Waals surface area contributed by atoms with Crippen molar-refractivity contribution >= 4 is 39.1 Å². The van der Waals surface area contributed by atoms with Crippen LogP contribution in [0.3, 0.4) is 0 Å². The van der Waals surface area contributed by atoms with Crippen molar-refractivity contribution in [3.05, 3.63) is 89.4 Å². The van der Waals surface area contributed by atoms with Crippen LogP contribution >= 0.6 is 11.6 Å². The maximum absolute atomic E-state index is 14.1. The van der Waals surface area contributed by atoms with Crippen LogP contribution in [0.15, 0.2) is 83.8 Å². The monoisotopic (exact) mass is 571 g/mol. The number of sulfonamides is 1. The third-order valence-electron chi connectivity index (χ3n) is 6.08. The Morgan fingerprint density at radius 1 is 0.949 bits per heavy atom. The summed E-state index contributed by atoms with van der Waals surface area (Å²) in [5.41, 5.74) is 0.840. The van der Waals surface area contributed by atoms with E-state index in [9.17, 15) is 18.0 Å². The molecule has 0 saturated heterocycles. The Balaban J connectivity index is 2.10. The van der Waals surface area contributed by atoms with Gasteiger partial charge in [0.05, 0.1) is 17.7 Å². The van der Waals surface area contributed by atoms with Gasteiger partial charge in [-0.1, -0.05) is 67.1 Å². The zero-order chi connectivity index (χ0) is 28.6. The zero-order valence-corrected chi connectivity index (χ0v) is 24.1. The van der Waals surface area contributed by atoms with Gasteiger partial charge < -0.3 is 15.0 Å². The minimum Gasteiger partial charge on any atom is -0.495 e. The summed E-state index contributed by atoms with van der Waals surface area (Å²) in [6, 6.07) is 20.5. The highest BCUT2D eigenvalue weighted by molar-refractivity contribution is 7.92. The lowest BCUT2D eigenvalue weighted by Gasteiger charge is -2.34. The van der Waals surface area contributed by atoms with E-state index in [4.69, 9.17) is 16.3 Å². The van der Waals surface area contributed by atoms with Crippen LogP contribution in [-0.2, 0) is 26.2 Å². The number of para-hydroxylation sites is 2. The standard InChI is InChI=1S/C29H34ClN3O5S/c1-5-25(29(35)31-21(2)3)32(19-22-13-9-10-16-24(22)30)28(34)20-33(26-17-11-12-18-27(26)38-4)39(36,37)23-14-7-6-8-15-23/h6-18,21,25H,5,19-20H2,1-4H3,(H,31,35). The molecule has 0 radical (unpaired) electrons. The molecule has 0 fully saturated rings. The number of nitrogens with one attached hydrogen (secondary N) is 1. The zero-order valence-electron chi connectivity index (χ0n) is 22.5. The lowest BCUT2D eigenvalue weighted by atomic mass is 10.1. The van der Waals surface area contributed by atoms with Crippen molar-refractivity contribution in [2.45, 2.75) is 50.7 Å². The van der Waals surface area contributed by atoms with Gasteiger partial charge in [-0.25, -0.2) is 8.42 Å². The molecule has 0 bridgehead atoms. The molecule has 3 rings (SSSR count). The van der Waals surface area contributed by atoms with Crippen molar-refractivity contribution < 1.29 is 22.7 Å². The van der Waals surface area contributed by atoms with E-state index in [2.05, 4.69) is 5.32 Å². The van der Waals surface area contributed by atoms with Gasteiger partial charge in [-0.05, 0) is 56.2 Å². The molecule has 1 unspecified atom stereocenters. The Kier molecular flexibility index (Phi) is 10.4. The van der Waals surface area contributed by atoms with E-state index in [-0.39, 0.29) is 34.8 Å². The fourth-order valence-corrected chi connectivity index (χ4v) is 5.82. The molecule has 1 N–H and O–H groups in total. The smallest absolute Gasteiger partial charge is 0.264 e. The normalized spacial score (nSPS) is 12.1. The minimum atomic E-state index is -4.19. The highest BCUT2D eigenvalue weighted by Gasteiger charge is 2.35. The Labute approximate surface area is 235 Å². The highest BCUT2D eigenvalue weighted by Crippen LogP contribution is 2.32. The fraction of sp³-hybridized carbons (Fsp3) is 0.310. The minimum absolute atomic E-state index is 0.0194. The van der Waals surface area contributed by atoms with Crippen molar-refractivity contribution in [2.24, 2.45) is 0 Å². The lowest BCUT2D eigenvalue weighted by molar-refractivity contribution is -0.140. The van der Waals surface area contributed by atoms with Crippen LogP contribution in [-0.4, -0.2) is 50.9 Å². The summed E-state index contributed by atoms with van der Waals surface area (Å²) in [7, 11) is -2.76. The molecule has 10 heteroatoms. The van der Waals surface area contributed by atoms with Crippen LogP contribution in [0.5, 0.6) is 5.75 Å². The Morgan fingerprint density at radius 3 is 2.18 bits per heavy atom. The SMILES string of the molecule is CCC(C(=O)NC(C)C)N(Cc1ccccc1Cl)C(=O)CN(c1ccccc1OC)S(=O)(=O)c1ccccc1. The van der Waals surface area contributed by atoms with Gasteiger partial charge in [0.1, 0.15) is 18.3 Å². The number of hydrogen-bond acceptors (Lipinski definition) is 5. The van der Waals surface area contributed by atoms with Gasteiger partial charge >= 0.3 is 0 Å². The maximum atomic E-state index is 14.1. The van der Waals surface area contributed by atoms with Crippen molar-refractivity contribution in [2.75, 3.05) is 18.0 Å². The molecule has 39 heavy (non-hydrogen) atoms. The van der Waals surface area contributed by atoms with E-state index in [1.165, 1.54) is 24.1 Å². The molecule has 0 aliphatic heterocycles. The first-order valence-electron chi connectivity index (χ1n) is 12.6. The summed E-state index contributed by atoms with van der Waals surface area (Å²) in [6.45, 7) is 4.93. The first-order chi connectivity index (χ1) is 18.6. The van der Waals surface area contributed by atoms with Crippen LogP contribution in [0.1, 0.15) is 32.8 Å². The predicted octanol–water partition coefficient (Wildman–Crippen LogP) is 4.88. The Morgan fingerprint density at radius 2 is 1.56 bits per heavy atom. The van der Waals surface area contributed by atoms with E-state index in [0.29, 0.717) is 17.0 Å². The van der Waals surface area contributed by atoms with E-state index in [1.54, 1.807) is 73.7 Å². The number of amides is 2. The van der Waals surface area contributed by atoms with Crippen molar-refractivity contribution in [3.63, 3.8) is 0 Å². The van der Waals surface area contributed by atoms with Gasteiger partial charge in [-0.15, -0.1) is 0 Å². The number of methoxy groups -OCH3 is 1. The Bertz CT molecular complexity index is 1380. The van der Waals surface area contributed by atoms with Crippen LogP contribution in [0, 0.1) is 0 Å². The second kappa shape index (κ2) is 13.5. The molecule has 0 heterocycles. The number of carbonyl (C=O) groups is 2. The number of carbonyl (C=O) groups excluding carboxylic acids is 2. The molecule has 1 atom stereocenters. The molecule has 3 aromatic rings. The van der Waals surface area contributed by atoms with Crippen LogP contribution in [0.2, 0.25) is 5.02 Å². The largest absolute Gasteiger partial charge is 0.495 e. The summed E-state index contributed by atoms with van der Waals surface area (Å²) in [5.74, 6) is -0.610. The van der Waals surface area contributed by atoms with E-state index < -0.39 is 28.5 Å². The molecule has 0 saturated carbocycles. The fourth-order valence-electron chi connectivity index (χ4n) is 4.18. The number of hydrogen-bond donors (Lipinski definition) is 1. The maximum Gasteiger partial charge on any atom is 0.264 e. The van der Waals surface area contributed by atoms with Crippen molar-refractivity contribution in [1.29, 1.82) is 0 Å². The molecule has 0 aliphatic carbocycles. The van der Waals surface area contributed by atoms with Crippen LogP contribution in [0.25, 0.3) is 0 Å². The summed E-state index contributed by atoms with van der Waals surface area (Å²) in [5, 5.41) is 3.31. The van der Waals surface area contributed by atoms with Crippen molar-refractivity contribution in [3.8, 4) is 5.75 Å². The molecule has 208 valence electrons. The molecule has 0 spiro atoms. The quantitative estimate of drug-likeness (QED) is 0.334. The summed E-state index contributed by atoms with van der Waals surface area (Å²) < 4.78 is 34.3. The van der Waals surface area contributed by atoms with Gasteiger partial charge in [0, 0.05) is 17.6 Å². The van der Waals surface area contributed by atoms with Gasteiger partial charge in [-0.3, -0.25) is 13.9 Å². The Hall–Kier alpha value is -3.56. The number of anilines is 1. The van der Waals surface area contributed by atoms with E-state index in [1.807, 2.05) is 13.8 Å². The topological polar surface area (TPSA) is 96.0 Å². The molecule has 3 aromatic carbocycles. The molecular weight excluding hydrogens is 538 g/mol. The average Bonchev–Trinajstić information content (AvgIpc) is 2.92. The van der Waals surface area contributed by atoms with Crippen molar-refractivity contribution in [1.82, 2.24) is 10.2 Å². The van der Waals surface area contributed by atoms with Gasteiger partial charge in [0.25, 0.3) is 10.0 Å². The van der Waals surface area contributed by atoms with Gasteiger partial charge in [0.2, 0.25) is 11.8 Å². The molecule has 2 amide bonds. The average molecular weight is 572 g/mol. The number of benzene rings is 3. The number of ether oxygens (including phenoxy) is 1. The second-order valence-corrected chi connectivity index (χ2v) is 11.5. The number of nitrogens with zero attached hydrogens (tertiary/aromatic N) is 2. The predicted molar refractivity (Wildman–Crippen MR) is 153 cm³/mol. The van der Waals surface area contributed by atoms with Crippen LogP contribution < -0.4 is 14.4 Å². The highest BCUT2D eigenvalue weighted by atomic mass is 35.5. The van der Waals surface area contributed by atoms with E-state index in [0.717, 1.165) is 4.31 Å². The molecular formula is C29H34ClN3O5S. The molecule has 0 aliphatic rings. The lowest BCUT2D eigenvalue weighted by Crippen LogP contribution is -2.53. The number of rotatable bonds is 12. The number of halogens is 1. The third kappa shape index (κ3) is 7.30. The second-order valence-electron chi connectivity index (χ2n) is 9.20. The first-order valence-corrected chi connectivity index (χ1v) is 14.5. The van der Waals surface area contributed by atoms with E-state index >= 15 is 0 Å². The summed E-state index contributed by atoms with van der Waals surface area (Å²) >= 11 is 6.42.